The molecule has 0 bridgehead atoms. The van der Waals surface area contributed by atoms with Gasteiger partial charge in [-0.05, 0) is 0 Å². The summed E-state index contributed by atoms with van der Waals surface area (Å²) in [6.07, 6.45) is 32.0. The van der Waals surface area contributed by atoms with E-state index in [-0.39, 0.29) is 52.5 Å². The van der Waals surface area contributed by atoms with Gasteiger partial charge in [-0.1, -0.05) is 123 Å². The number of ether oxygens (including phenoxy) is 2. The summed E-state index contributed by atoms with van der Waals surface area (Å²) in [7, 11) is 0. The second-order valence-corrected chi connectivity index (χ2v) is 18.1. The van der Waals surface area contributed by atoms with Crippen molar-refractivity contribution in [1.29, 1.82) is 0 Å². The minimum atomic E-state index is -3.60. The Hall–Kier alpha value is 0.0900. The molecule has 0 aromatic carbocycles. The molecular formula is C35H68NaO7P. The average molecular weight is 655 g/mol. The van der Waals surface area contributed by atoms with Crippen molar-refractivity contribution in [3.8, 4) is 0 Å². The van der Waals surface area contributed by atoms with E-state index in [0.29, 0.717) is 12.8 Å². The van der Waals surface area contributed by atoms with E-state index in [4.69, 9.17) is 14.0 Å². The fourth-order valence-corrected chi connectivity index (χ4v) is 6.30. The molecule has 0 aliphatic carbocycles. The fourth-order valence-electron chi connectivity index (χ4n) is 5.41. The number of rotatable bonds is 34. The maximum atomic E-state index is 12.4. The van der Waals surface area contributed by atoms with Crippen LogP contribution in [0.5, 0.6) is 0 Å². The van der Waals surface area contributed by atoms with Crippen LogP contribution in [0, 0.1) is 0 Å². The van der Waals surface area contributed by atoms with Gasteiger partial charge in [-0.25, -0.2) is 0 Å². The molecule has 2 atom stereocenters. The van der Waals surface area contributed by atoms with Crippen LogP contribution in [0.3, 0.4) is 0 Å². The zero-order valence-corrected chi connectivity index (χ0v) is 32.0. The second kappa shape index (κ2) is 33.0. The van der Waals surface area contributed by atoms with Crippen molar-refractivity contribution >= 4 is 43.6 Å². The van der Waals surface area contributed by atoms with Crippen molar-refractivity contribution in [1.82, 2.24) is 0 Å². The van der Waals surface area contributed by atoms with Crippen LogP contribution in [-0.4, -0.2) is 63.5 Å². The van der Waals surface area contributed by atoms with Crippen LogP contribution in [0.15, 0.2) is 0 Å². The summed E-state index contributed by atoms with van der Waals surface area (Å²) in [5.41, 5.74) is 0. The van der Waals surface area contributed by atoms with E-state index < -0.39 is 10.5 Å². The van der Waals surface area contributed by atoms with Crippen LogP contribution in [0.2, 0.25) is 0 Å². The zero-order chi connectivity index (χ0) is 32.6. The molecule has 0 spiro atoms. The Morgan fingerprint density at radius 3 is 1.20 bits per heavy atom. The summed E-state index contributed by atoms with van der Waals surface area (Å²) in [5, 5.41) is 0. The summed E-state index contributed by atoms with van der Waals surface area (Å²) in [5.74, 6) is -0.709. The molecule has 0 amide bonds. The Morgan fingerprint density at radius 1 is 0.545 bits per heavy atom. The molecule has 0 saturated heterocycles. The molecular weight excluding hydrogens is 586 g/mol. The minimum absolute atomic E-state index is 0.0218. The number of hydrogen-bond acceptors (Lipinski definition) is 6. The quantitative estimate of drug-likeness (QED) is 0.0319. The van der Waals surface area contributed by atoms with E-state index in [1.165, 1.54) is 128 Å². The van der Waals surface area contributed by atoms with Gasteiger partial charge in [0.25, 0.3) is 0 Å². The molecule has 0 fully saturated rings. The Balaban J connectivity index is 3.94. The smallest absolute Gasteiger partial charge is 0.0654 e. The predicted molar refractivity (Wildman–Crippen MR) is 183 cm³/mol. The Bertz CT molecular complexity index is 701. The molecule has 44 heavy (non-hydrogen) atoms. The predicted octanol–water partition coefficient (Wildman–Crippen LogP) is 10.7. The second-order valence-electron chi connectivity index (χ2n) is 12.9. The molecule has 0 radical (unpaired) electrons. The minimum Gasteiger partial charge on any atom is -0.0654 e. The van der Waals surface area contributed by atoms with Gasteiger partial charge in [0.1, 0.15) is 0 Å². The first-order valence-corrected chi connectivity index (χ1v) is 23.3. The number of esters is 2. The maximum absolute atomic E-state index is 12.4. The molecule has 0 aromatic rings. The monoisotopic (exact) mass is 654 g/mol. The van der Waals surface area contributed by atoms with E-state index in [2.05, 4.69) is 13.8 Å². The van der Waals surface area contributed by atoms with Gasteiger partial charge in [0.05, 0.1) is 0 Å². The molecule has 1 unspecified atom stereocenters. The average Bonchev–Trinajstić information content (AvgIpc) is 2.98. The van der Waals surface area contributed by atoms with Gasteiger partial charge in [0.2, 0.25) is 0 Å². The van der Waals surface area contributed by atoms with Crippen LogP contribution in [0.1, 0.15) is 194 Å². The third kappa shape index (κ3) is 35.0. The van der Waals surface area contributed by atoms with Crippen molar-refractivity contribution in [3.05, 3.63) is 0 Å². The summed E-state index contributed by atoms with van der Waals surface area (Å²) in [6, 6.07) is 0. The molecule has 0 aliphatic rings. The molecule has 9 heteroatoms. The Kier molecular flexibility index (Phi) is 33.1. The number of unbranched alkanes of at least 4 members (excludes halogenated alkanes) is 24. The van der Waals surface area contributed by atoms with Crippen LogP contribution in [0.4, 0.5) is 0 Å². The van der Waals surface area contributed by atoms with Crippen molar-refractivity contribution in [2.24, 2.45) is 0 Å². The van der Waals surface area contributed by atoms with E-state index in [0.717, 1.165) is 38.5 Å². The topological polar surface area (TPSA) is 99.1 Å². The summed E-state index contributed by atoms with van der Waals surface area (Å²) in [6.45, 7) is 4.11. The number of hydrogen-bond donors (Lipinski definition) is 1. The zero-order valence-electron chi connectivity index (χ0n) is 29.1. The van der Waals surface area contributed by atoms with Gasteiger partial charge in [-0.15, -0.1) is 0 Å². The standard InChI is InChI=1S/C35H67O7P.Na/c1-3-5-7-9-11-13-15-17-19-21-23-25-27-29-34(36)40-31-33(32-41-43(38)39)42-35(37)30-28-26-24-22-20-18-16-14-12-10-8-6-4-2;/h33H,3-32H2,1-2H3;/q;-1/p+1/t33-;/m1./s1. The third-order valence-corrected chi connectivity index (χ3v) is 9.60. The van der Waals surface area contributed by atoms with E-state index >= 15 is 0 Å². The first-order valence-electron chi connectivity index (χ1n) is 18.6. The first-order chi connectivity index (χ1) is 21.3. The van der Waals surface area contributed by atoms with Crippen molar-refractivity contribution in [2.45, 2.75) is 200 Å². The molecule has 0 heterocycles. The molecule has 0 rings (SSSR count). The number of carbonyl (C=O) groups is 2. The fraction of sp³-hybridized carbons (Fsp3) is 0.943. The molecule has 0 saturated carbocycles. The van der Waals surface area contributed by atoms with Crippen molar-refractivity contribution in [2.75, 3.05) is 13.2 Å². The van der Waals surface area contributed by atoms with Gasteiger partial charge >= 0.3 is 167 Å². The van der Waals surface area contributed by atoms with Crippen LogP contribution < -0.4 is 0 Å². The third-order valence-electron chi connectivity index (χ3n) is 8.20. The molecule has 0 aromatic heterocycles. The molecule has 0 aliphatic heterocycles. The first kappa shape index (κ1) is 44.1. The van der Waals surface area contributed by atoms with Gasteiger partial charge < -0.3 is 0 Å². The SMILES string of the molecule is CCCCCCCCCCCCCCCC(=O)OC[C@H](CO[P](=O)(O)[Na])OC(=O)CCCCCCCCCCCCCCC. The van der Waals surface area contributed by atoms with Crippen LogP contribution in [0.25, 0.3) is 0 Å². The van der Waals surface area contributed by atoms with E-state index in [1.54, 1.807) is 0 Å². The molecule has 256 valence electrons. The van der Waals surface area contributed by atoms with Gasteiger partial charge in [-0.3, -0.25) is 0 Å². The molecule has 1 N–H and O–H groups in total. The Labute approximate surface area is 288 Å². The van der Waals surface area contributed by atoms with Crippen molar-refractivity contribution < 1.29 is 33.0 Å². The van der Waals surface area contributed by atoms with E-state index in [1.807, 2.05) is 0 Å². The normalized spacial score (nSPS) is 13.5. The van der Waals surface area contributed by atoms with Crippen LogP contribution >= 0.6 is 4.35 Å². The summed E-state index contributed by atoms with van der Waals surface area (Å²) >= 11 is -0.0218. The van der Waals surface area contributed by atoms with Crippen LogP contribution in [-0.2, 0) is 28.2 Å². The van der Waals surface area contributed by atoms with Gasteiger partial charge in [-0.2, -0.15) is 0 Å². The van der Waals surface area contributed by atoms with Gasteiger partial charge in [0.15, 0.2) is 0 Å². The van der Waals surface area contributed by atoms with Crippen molar-refractivity contribution in [3.63, 3.8) is 0 Å². The number of carbonyl (C=O) groups excluding carboxylic acids is 2. The summed E-state index contributed by atoms with van der Waals surface area (Å²) in [4.78, 5) is 34.2. The molecule has 7 nitrogen and oxygen atoms in total. The Morgan fingerprint density at radius 2 is 0.864 bits per heavy atom. The van der Waals surface area contributed by atoms with Gasteiger partial charge in [0, 0.05) is 0 Å². The summed E-state index contributed by atoms with van der Waals surface area (Å²) < 4.78 is 23.9. The van der Waals surface area contributed by atoms with E-state index in [9.17, 15) is 19.0 Å².